The van der Waals surface area contributed by atoms with Gasteiger partial charge in [0.2, 0.25) is 0 Å². The van der Waals surface area contributed by atoms with Crippen molar-refractivity contribution in [2.45, 2.75) is 0 Å². The molecule has 0 N–H and O–H groups in total. The van der Waals surface area contributed by atoms with E-state index in [2.05, 4.69) is 211 Å². The maximum absolute atomic E-state index is 5.37. The third-order valence-corrected chi connectivity index (χ3v) is 14.2. The van der Waals surface area contributed by atoms with Crippen LogP contribution in [0.3, 0.4) is 0 Å². The van der Waals surface area contributed by atoms with Crippen LogP contribution in [0.25, 0.3) is 126 Å². The molecular weight excluding hydrogens is 845 g/mol. The fourth-order valence-electron chi connectivity index (χ4n) is 9.99. The van der Waals surface area contributed by atoms with Crippen LogP contribution in [-0.4, -0.2) is 19.5 Å². The lowest BCUT2D eigenvalue weighted by Crippen LogP contribution is -2.01. The number of para-hydroxylation sites is 2. The zero-order valence-electron chi connectivity index (χ0n) is 36.8. The van der Waals surface area contributed by atoms with Gasteiger partial charge in [0.15, 0.2) is 17.5 Å². The molecule has 4 nitrogen and oxygen atoms in total. The van der Waals surface area contributed by atoms with E-state index in [0.717, 1.165) is 66.9 Å². The van der Waals surface area contributed by atoms with Crippen LogP contribution in [0.15, 0.2) is 243 Å². The second kappa shape index (κ2) is 16.6. The van der Waals surface area contributed by atoms with E-state index in [1.165, 1.54) is 42.0 Å². The summed E-state index contributed by atoms with van der Waals surface area (Å²) in [5.41, 5.74) is 15.3. The lowest BCUT2D eigenvalue weighted by atomic mass is 9.85. The van der Waals surface area contributed by atoms with Crippen LogP contribution in [0, 0.1) is 0 Å². The van der Waals surface area contributed by atoms with Crippen LogP contribution in [-0.2, 0) is 0 Å². The average Bonchev–Trinajstić information content (AvgIpc) is 3.97. The molecular formula is C63H40N4S. The second-order valence-corrected chi connectivity index (χ2v) is 18.2. The topological polar surface area (TPSA) is 43.6 Å². The molecule has 3 aromatic heterocycles. The number of rotatable bonds is 8. The van der Waals surface area contributed by atoms with Crippen molar-refractivity contribution in [2.24, 2.45) is 0 Å². The quantitative estimate of drug-likeness (QED) is 0.153. The molecule has 13 rings (SSSR count). The van der Waals surface area contributed by atoms with Gasteiger partial charge in [-0.3, -0.25) is 0 Å². The molecule has 68 heavy (non-hydrogen) atoms. The Kier molecular flexibility index (Phi) is 9.66. The molecule has 0 aliphatic rings. The summed E-state index contributed by atoms with van der Waals surface area (Å²) in [5.74, 6) is 1.85. The molecule has 0 atom stereocenters. The predicted octanol–water partition coefficient (Wildman–Crippen LogP) is 17.0. The van der Waals surface area contributed by atoms with Gasteiger partial charge < -0.3 is 4.57 Å². The Morgan fingerprint density at radius 3 is 1.46 bits per heavy atom. The van der Waals surface area contributed by atoms with Crippen LogP contribution in [0.4, 0.5) is 0 Å². The van der Waals surface area contributed by atoms with E-state index < -0.39 is 0 Å². The van der Waals surface area contributed by atoms with Crippen molar-refractivity contribution in [2.75, 3.05) is 0 Å². The van der Waals surface area contributed by atoms with Crippen molar-refractivity contribution in [3.05, 3.63) is 243 Å². The summed E-state index contributed by atoms with van der Waals surface area (Å²) in [5, 5.41) is 5.01. The minimum absolute atomic E-state index is 0.608. The Labute approximate surface area is 397 Å². The first kappa shape index (κ1) is 39.6. The molecule has 0 saturated heterocycles. The standard InChI is InChI=1S/C63H40N4S/c1-6-19-41(20-7-1)49-30-18-31-50(42-21-8-2-9-22-42)58(49)46-33-35-48(52(40-46)63-65-61(43-23-10-3-11-24-43)64-62(66-63)44-25-12-4-13-26-44)45-34-37-56-53(39-45)60-57(68-56)38-36-55-59(60)51-29-16-17-32-54(51)67(55)47-27-14-5-15-28-47/h1-40H. The first-order valence-corrected chi connectivity index (χ1v) is 23.7. The Morgan fingerprint density at radius 1 is 0.294 bits per heavy atom. The third-order valence-electron chi connectivity index (χ3n) is 13.1. The maximum Gasteiger partial charge on any atom is 0.164 e. The summed E-state index contributed by atoms with van der Waals surface area (Å²) in [4.78, 5) is 15.8. The highest BCUT2D eigenvalue weighted by Crippen LogP contribution is 2.47. The normalized spacial score (nSPS) is 11.5. The maximum atomic E-state index is 5.37. The Balaban J connectivity index is 1.10. The Hall–Kier alpha value is -8.77. The van der Waals surface area contributed by atoms with E-state index in [1.54, 1.807) is 0 Å². The monoisotopic (exact) mass is 884 g/mol. The van der Waals surface area contributed by atoms with Crippen molar-refractivity contribution in [1.82, 2.24) is 19.5 Å². The zero-order chi connectivity index (χ0) is 45.0. The fraction of sp³-hybridized carbons (Fsp3) is 0. The van der Waals surface area contributed by atoms with Gasteiger partial charge in [0.25, 0.3) is 0 Å². The first-order chi connectivity index (χ1) is 33.7. The van der Waals surface area contributed by atoms with Gasteiger partial charge in [0, 0.05) is 53.3 Å². The Morgan fingerprint density at radius 2 is 0.824 bits per heavy atom. The minimum atomic E-state index is 0.608. The smallest absolute Gasteiger partial charge is 0.164 e. The summed E-state index contributed by atoms with van der Waals surface area (Å²) in [6.07, 6.45) is 0. The molecule has 13 aromatic rings. The van der Waals surface area contributed by atoms with Crippen LogP contribution < -0.4 is 0 Å². The molecule has 0 saturated carbocycles. The van der Waals surface area contributed by atoms with Crippen molar-refractivity contribution < 1.29 is 0 Å². The van der Waals surface area contributed by atoms with Gasteiger partial charge in [-0.15, -0.1) is 11.3 Å². The molecule has 0 radical (unpaired) electrons. The summed E-state index contributed by atoms with van der Waals surface area (Å²) < 4.78 is 4.91. The highest BCUT2D eigenvalue weighted by atomic mass is 32.1. The summed E-state index contributed by atoms with van der Waals surface area (Å²) >= 11 is 1.85. The van der Waals surface area contributed by atoms with E-state index in [4.69, 9.17) is 15.0 Å². The van der Waals surface area contributed by atoms with Gasteiger partial charge in [0.05, 0.1) is 11.0 Å². The molecule has 318 valence electrons. The molecule has 0 amide bonds. The van der Waals surface area contributed by atoms with Crippen LogP contribution in [0.5, 0.6) is 0 Å². The molecule has 0 aliphatic carbocycles. The molecule has 0 spiro atoms. The molecule has 3 heterocycles. The number of fused-ring (bicyclic) bond motifs is 7. The molecule has 0 unspecified atom stereocenters. The number of hydrogen-bond donors (Lipinski definition) is 0. The molecule has 10 aromatic carbocycles. The molecule has 0 fully saturated rings. The first-order valence-electron chi connectivity index (χ1n) is 22.9. The van der Waals surface area contributed by atoms with Crippen molar-refractivity contribution in [3.8, 4) is 84.4 Å². The number of thiophene rings is 1. The third kappa shape index (κ3) is 6.79. The van der Waals surface area contributed by atoms with Gasteiger partial charge in [0.1, 0.15) is 0 Å². The van der Waals surface area contributed by atoms with Gasteiger partial charge in [-0.25, -0.2) is 15.0 Å². The zero-order valence-corrected chi connectivity index (χ0v) is 37.6. The highest BCUT2D eigenvalue weighted by molar-refractivity contribution is 7.26. The second-order valence-electron chi connectivity index (χ2n) is 17.1. The number of aromatic nitrogens is 4. The Bertz CT molecular complexity index is 3880. The van der Waals surface area contributed by atoms with Gasteiger partial charge >= 0.3 is 0 Å². The molecule has 5 heteroatoms. The van der Waals surface area contributed by atoms with Crippen molar-refractivity contribution in [1.29, 1.82) is 0 Å². The SMILES string of the molecule is c1ccc(-c2nc(-c3ccccc3)nc(-c3cc(-c4c(-c5ccccc5)cccc4-c4ccccc4)ccc3-c3ccc4sc5ccc6c(c7ccccc7n6-c6ccccc6)c5c4c3)n2)cc1. The minimum Gasteiger partial charge on any atom is -0.309 e. The van der Waals surface area contributed by atoms with Crippen molar-refractivity contribution >= 4 is 53.3 Å². The summed E-state index contributed by atoms with van der Waals surface area (Å²) in [7, 11) is 0. The largest absolute Gasteiger partial charge is 0.309 e. The van der Waals surface area contributed by atoms with Gasteiger partial charge in [-0.05, 0) is 93.0 Å². The lowest BCUT2D eigenvalue weighted by molar-refractivity contribution is 1.07. The molecule has 0 bridgehead atoms. The van der Waals surface area contributed by atoms with E-state index in [9.17, 15) is 0 Å². The number of nitrogens with zero attached hydrogens (tertiary/aromatic N) is 4. The highest BCUT2D eigenvalue weighted by Gasteiger charge is 2.22. The predicted molar refractivity (Wildman–Crippen MR) is 285 cm³/mol. The van der Waals surface area contributed by atoms with Crippen LogP contribution >= 0.6 is 11.3 Å². The molecule has 0 aliphatic heterocycles. The fourth-order valence-corrected chi connectivity index (χ4v) is 11.1. The average molecular weight is 885 g/mol. The number of hydrogen-bond acceptors (Lipinski definition) is 4. The van der Waals surface area contributed by atoms with E-state index in [1.807, 2.05) is 47.7 Å². The summed E-state index contributed by atoms with van der Waals surface area (Å²) in [6, 6.07) is 86.4. The van der Waals surface area contributed by atoms with E-state index in [0.29, 0.717) is 17.5 Å². The van der Waals surface area contributed by atoms with Crippen LogP contribution in [0.2, 0.25) is 0 Å². The van der Waals surface area contributed by atoms with E-state index >= 15 is 0 Å². The lowest BCUT2D eigenvalue weighted by Gasteiger charge is -2.19. The van der Waals surface area contributed by atoms with Gasteiger partial charge in [-0.2, -0.15) is 0 Å². The summed E-state index contributed by atoms with van der Waals surface area (Å²) in [6.45, 7) is 0. The van der Waals surface area contributed by atoms with E-state index in [-0.39, 0.29) is 0 Å². The van der Waals surface area contributed by atoms with Crippen molar-refractivity contribution in [3.63, 3.8) is 0 Å². The number of benzene rings is 10. The van der Waals surface area contributed by atoms with Crippen LogP contribution in [0.1, 0.15) is 0 Å². The van der Waals surface area contributed by atoms with Gasteiger partial charge in [-0.1, -0.05) is 194 Å².